The Morgan fingerprint density at radius 3 is 2.46 bits per heavy atom. The van der Waals surface area contributed by atoms with E-state index in [9.17, 15) is 19.5 Å². The summed E-state index contributed by atoms with van der Waals surface area (Å²) in [7, 11) is 0. The summed E-state index contributed by atoms with van der Waals surface area (Å²) in [5.74, 6) is -0.255. The SMILES string of the molecule is CC(C=O)N(Nc1cccc(C(=O)NC(C)(C)C)c1NC1CC1)C(=O)O. The number of carbonyl (C=O) groups is 3. The van der Waals surface area contributed by atoms with Crippen LogP contribution in [0.4, 0.5) is 16.2 Å². The molecule has 0 aliphatic heterocycles. The fourth-order valence-electron chi connectivity index (χ4n) is 2.34. The van der Waals surface area contributed by atoms with E-state index in [1.54, 1.807) is 18.2 Å². The second-order valence-corrected chi connectivity index (χ2v) is 7.49. The van der Waals surface area contributed by atoms with Crippen LogP contribution in [-0.2, 0) is 4.79 Å². The monoisotopic (exact) mass is 362 g/mol. The molecule has 0 spiro atoms. The number of hydrazine groups is 1. The Labute approximate surface area is 152 Å². The highest BCUT2D eigenvalue weighted by molar-refractivity contribution is 6.03. The zero-order valence-corrected chi connectivity index (χ0v) is 15.5. The molecule has 0 heterocycles. The van der Waals surface area contributed by atoms with Crippen molar-refractivity contribution in [3.8, 4) is 0 Å². The van der Waals surface area contributed by atoms with E-state index in [1.165, 1.54) is 6.92 Å². The molecule has 1 fully saturated rings. The molecule has 0 saturated heterocycles. The number of hydrogen-bond acceptors (Lipinski definition) is 5. The van der Waals surface area contributed by atoms with Crippen molar-refractivity contribution in [3.05, 3.63) is 23.8 Å². The minimum atomic E-state index is -1.29. The molecule has 0 bridgehead atoms. The zero-order chi connectivity index (χ0) is 19.5. The van der Waals surface area contributed by atoms with Gasteiger partial charge in [-0.2, -0.15) is 0 Å². The van der Waals surface area contributed by atoms with Crippen LogP contribution in [0.5, 0.6) is 0 Å². The third-order valence-corrected chi connectivity index (χ3v) is 3.77. The number of rotatable bonds is 7. The lowest BCUT2D eigenvalue weighted by molar-refractivity contribution is -0.111. The van der Waals surface area contributed by atoms with E-state index in [-0.39, 0.29) is 11.9 Å². The molecule has 1 aromatic rings. The molecule has 26 heavy (non-hydrogen) atoms. The fraction of sp³-hybridized carbons (Fsp3) is 0.500. The summed E-state index contributed by atoms with van der Waals surface area (Å²) in [6, 6.07) is 4.40. The van der Waals surface area contributed by atoms with Gasteiger partial charge in [0, 0.05) is 11.6 Å². The Hall–Kier alpha value is -2.77. The van der Waals surface area contributed by atoms with Gasteiger partial charge in [0.25, 0.3) is 5.91 Å². The van der Waals surface area contributed by atoms with Crippen molar-refractivity contribution in [3.63, 3.8) is 0 Å². The molecule has 2 amide bonds. The summed E-state index contributed by atoms with van der Waals surface area (Å²) in [6.07, 6.45) is 1.22. The van der Waals surface area contributed by atoms with Gasteiger partial charge in [-0.3, -0.25) is 10.2 Å². The Morgan fingerprint density at radius 1 is 1.31 bits per heavy atom. The molecule has 2 rings (SSSR count). The Kier molecular flexibility index (Phi) is 5.74. The van der Waals surface area contributed by atoms with E-state index in [2.05, 4.69) is 16.1 Å². The third-order valence-electron chi connectivity index (χ3n) is 3.77. The fourth-order valence-corrected chi connectivity index (χ4v) is 2.34. The van der Waals surface area contributed by atoms with Gasteiger partial charge >= 0.3 is 6.09 Å². The number of aldehydes is 1. The van der Waals surface area contributed by atoms with Gasteiger partial charge in [0.1, 0.15) is 12.3 Å². The van der Waals surface area contributed by atoms with E-state index in [0.29, 0.717) is 23.2 Å². The average molecular weight is 362 g/mol. The zero-order valence-electron chi connectivity index (χ0n) is 15.5. The van der Waals surface area contributed by atoms with Crippen LogP contribution in [0, 0.1) is 0 Å². The van der Waals surface area contributed by atoms with E-state index in [1.807, 2.05) is 20.8 Å². The van der Waals surface area contributed by atoms with Gasteiger partial charge in [0.15, 0.2) is 0 Å². The van der Waals surface area contributed by atoms with Crippen LogP contribution in [0.2, 0.25) is 0 Å². The Balaban J connectivity index is 2.38. The number of carboxylic acid groups (broad SMARTS) is 1. The van der Waals surface area contributed by atoms with E-state index >= 15 is 0 Å². The van der Waals surface area contributed by atoms with E-state index in [0.717, 1.165) is 17.9 Å². The molecule has 142 valence electrons. The summed E-state index contributed by atoms with van der Waals surface area (Å²) in [6.45, 7) is 7.13. The molecule has 0 aromatic heterocycles. The number of nitrogens with zero attached hydrogens (tertiary/aromatic N) is 1. The molecular formula is C18H26N4O4. The number of hydrogen-bond donors (Lipinski definition) is 4. The van der Waals surface area contributed by atoms with Crippen LogP contribution >= 0.6 is 0 Å². The van der Waals surface area contributed by atoms with Crippen LogP contribution in [-0.4, -0.2) is 46.0 Å². The van der Waals surface area contributed by atoms with E-state index < -0.39 is 17.7 Å². The molecular weight excluding hydrogens is 336 g/mol. The van der Waals surface area contributed by atoms with Crippen molar-refractivity contribution in [2.45, 2.75) is 58.2 Å². The molecule has 8 nitrogen and oxygen atoms in total. The average Bonchev–Trinajstić information content (AvgIpc) is 3.35. The van der Waals surface area contributed by atoms with Crippen molar-refractivity contribution < 1.29 is 19.5 Å². The molecule has 1 atom stereocenters. The smallest absolute Gasteiger partial charge is 0.426 e. The first-order valence-electron chi connectivity index (χ1n) is 8.58. The van der Waals surface area contributed by atoms with Crippen LogP contribution in [0.3, 0.4) is 0 Å². The maximum absolute atomic E-state index is 12.7. The van der Waals surface area contributed by atoms with Gasteiger partial charge in [-0.25, -0.2) is 9.80 Å². The second kappa shape index (κ2) is 7.63. The minimum Gasteiger partial charge on any atom is -0.464 e. The maximum Gasteiger partial charge on any atom is 0.426 e. The number of para-hydroxylation sites is 1. The summed E-state index contributed by atoms with van der Waals surface area (Å²) in [4.78, 5) is 35.2. The minimum absolute atomic E-state index is 0.251. The maximum atomic E-state index is 12.7. The number of benzene rings is 1. The highest BCUT2D eigenvalue weighted by Gasteiger charge is 2.28. The lowest BCUT2D eigenvalue weighted by Crippen LogP contribution is -2.43. The van der Waals surface area contributed by atoms with Gasteiger partial charge in [-0.15, -0.1) is 0 Å². The first-order valence-corrected chi connectivity index (χ1v) is 8.58. The topological polar surface area (TPSA) is 111 Å². The predicted octanol–water partition coefficient (Wildman–Crippen LogP) is 2.68. The van der Waals surface area contributed by atoms with Crippen molar-refractivity contribution in [1.82, 2.24) is 10.3 Å². The van der Waals surface area contributed by atoms with E-state index in [4.69, 9.17) is 0 Å². The van der Waals surface area contributed by atoms with Crippen molar-refractivity contribution >= 4 is 29.7 Å². The number of nitrogens with one attached hydrogen (secondary N) is 3. The number of anilines is 2. The number of amides is 2. The van der Waals surface area contributed by atoms with Crippen molar-refractivity contribution in [2.24, 2.45) is 0 Å². The Bertz CT molecular complexity index is 695. The molecule has 4 N–H and O–H groups in total. The second-order valence-electron chi connectivity index (χ2n) is 7.49. The van der Waals surface area contributed by atoms with Crippen LogP contribution < -0.4 is 16.1 Å². The van der Waals surface area contributed by atoms with Gasteiger partial charge < -0.3 is 20.5 Å². The summed E-state index contributed by atoms with van der Waals surface area (Å²) < 4.78 is 0. The number of carbonyl (C=O) groups excluding carboxylic acids is 2. The summed E-state index contributed by atoms with van der Waals surface area (Å²) in [5, 5.41) is 16.4. The quantitative estimate of drug-likeness (QED) is 0.438. The first kappa shape index (κ1) is 19.6. The molecule has 0 radical (unpaired) electrons. The largest absolute Gasteiger partial charge is 0.464 e. The van der Waals surface area contributed by atoms with Crippen LogP contribution in [0.15, 0.2) is 18.2 Å². The molecule has 1 aliphatic rings. The molecule has 1 aliphatic carbocycles. The summed E-state index contributed by atoms with van der Waals surface area (Å²) >= 11 is 0. The van der Waals surface area contributed by atoms with Crippen LogP contribution in [0.25, 0.3) is 0 Å². The molecule has 1 unspecified atom stereocenters. The van der Waals surface area contributed by atoms with Crippen molar-refractivity contribution in [2.75, 3.05) is 10.7 Å². The molecule has 8 heteroatoms. The highest BCUT2D eigenvalue weighted by atomic mass is 16.4. The Morgan fingerprint density at radius 2 is 1.96 bits per heavy atom. The normalized spacial score (nSPS) is 14.9. The van der Waals surface area contributed by atoms with Gasteiger partial charge in [-0.05, 0) is 52.7 Å². The lowest BCUT2D eigenvalue weighted by atomic mass is 10.1. The van der Waals surface area contributed by atoms with Gasteiger partial charge in [0.2, 0.25) is 0 Å². The van der Waals surface area contributed by atoms with Crippen LogP contribution in [0.1, 0.15) is 50.9 Å². The van der Waals surface area contributed by atoms with Gasteiger partial charge in [0.05, 0.1) is 16.9 Å². The predicted molar refractivity (Wildman–Crippen MR) is 99.3 cm³/mol. The molecule has 1 saturated carbocycles. The highest BCUT2D eigenvalue weighted by Crippen LogP contribution is 2.33. The van der Waals surface area contributed by atoms with Crippen molar-refractivity contribution in [1.29, 1.82) is 0 Å². The van der Waals surface area contributed by atoms with Gasteiger partial charge in [-0.1, -0.05) is 6.07 Å². The first-order chi connectivity index (χ1) is 12.1. The summed E-state index contributed by atoms with van der Waals surface area (Å²) in [5.41, 5.74) is 3.71. The molecule has 1 aromatic carbocycles. The lowest BCUT2D eigenvalue weighted by Gasteiger charge is -2.27. The standard InChI is InChI=1S/C18H26N4O4/c1-11(10-23)22(17(25)26)21-14-7-5-6-13(15(14)19-12-8-9-12)16(24)20-18(2,3)4/h5-7,10-12,19,21H,8-9H2,1-4H3,(H,20,24)(H,25,26). The third kappa shape index (κ3) is 5.11.